The fourth-order valence-corrected chi connectivity index (χ4v) is 5.77. The van der Waals surface area contributed by atoms with Crippen LogP contribution in [0.4, 0.5) is 0 Å². The molecule has 1 fully saturated rings. The van der Waals surface area contributed by atoms with Gasteiger partial charge in [0.15, 0.2) is 17.3 Å². The van der Waals surface area contributed by atoms with E-state index in [1.165, 1.54) is 11.1 Å². The number of carbonyl (C=O) groups excluding carboxylic acids is 1. The van der Waals surface area contributed by atoms with E-state index in [2.05, 4.69) is 24.1 Å². The van der Waals surface area contributed by atoms with Crippen molar-refractivity contribution in [2.45, 2.75) is 36.6 Å². The number of rotatable bonds is 4. The third-order valence-corrected chi connectivity index (χ3v) is 6.90. The van der Waals surface area contributed by atoms with Crippen molar-refractivity contribution in [2.75, 3.05) is 42.0 Å². The number of likely N-dealkylation sites (tertiary alicyclic amines) is 1. The minimum absolute atomic E-state index is 0.00269. The van der Waals surface area contributed by atoms with Crippen LogP contribution in [0.3, 0.4) is 0 Å². The van der Waals surface area contributed by atoms with Crippen LogP contribution >= 0.6 is 0 Å². The summed E-state index contributed by atoms with van der Waals surface area (Å²) in [6.45, 7) is 0.894. The molecule has 1 aliphatic heterocycles. The van der Waals surface area contributed by atoms with Crippen LogP contribution in [-0.2, 0) is 26.1 Å². The highest BCUT2D eigenvalue weighted by molar-refractivity contribution is 5.97. The summed E-state index contributed by atoms with van der Waals surface area (Å²) in [6, 6.07) is 4.14. The fourth-order valence-electron chi connectivity index (χ4n) is 5.77. The number of fused-ring (bicyclic) bond motifs is 1. The molecule has 146 valence electrons. The molecule has 0 saturated carbocycles. The summed E-state index contributed by atoms with van der Waals surface area (Å²) >= 11 is 0. The van der Waals surface area contributed by atoms with E-state index in [0.29, 0.717) is 23.7 Å². The van der Waals surface area contributed by atoms with Gasteiger partial charge < -0.3 is 18.9 Å². The predicted molar refractivity (Wildman–Crippen MR) is 100 cm³/mol. The number of methoxy groups -OCH3 is 4. The first kappa shape index (κ1) is 18.2. The molecule has 0 aromatic heterocycles. The fraction of sp³-hybridized carbons (Fsp3) is 0.571. The molecule has 4 rings (SSSR count). The normalized spacial score (nSPS) is 29.7. The summed E-state index contributed by atoms with van der Waals surface area (Å²) in [5.74, 6) is 2.47. The Morgan fingerprint density at radius 3 is 2.30 bits per heavy atom. The second-order valence-corrected chi connectivity index (χ2v) is 7.64. The Labute approximate surface area is 160 Å². The van der Waals surface area contributed by atoms with Crippen molar-refractivity contribution in [1.29, 1.82) is 0 Å². The standard InChI is InChI=1S/C21H27NO5/c1-22-9-8-20-12-15(23)18(26-4)19(27-5)21(20,22)7-6-13-10-16(24-2)17(25-3)11-14(13)20/h10-11H,6-9,12H2,1-5H3. The monoisotopic (exact) mass is 373 g/mol. The number of hydrogen-bond donors (Lipinski definition) is 0. The zero-order valence-electron chi connectivity index (χ0n) is 16.7. The molecule has 1 aromatic carbocycles. The average molecular weight is 373 g/mol. The van der Waals surface area contributed by atoms with Crippen molar-refractivity contribution >= 4 is 5.78 Å². The first-order valence-electron chi connectivity index (χ1n) is 9.31. The molecular weight excluding hydrogens is 346 g/mol. The van der Waals surface area contributed by atoms with E-state index in [1.54, 1.807) is 28.4 Å². The maximum absolute atomic E-state index is 13.0. The first-order valence-corrected chi connectivity index (χ1v) is 9.31. The number of carbonyl (C=O) groups is 1. The van der Waals surface area contributed by atoms with E-state index in [9.17, 15) is 4.79 Å². The van der Waals surface area contributed by atoms with Crippen molar-refractivity contribution in [3.63, 3.8) is 0 Å². The van der Waals surface area contributed by atoms with Crippen molar-refractivity contribution in [2.24, 2.45) is 0 Å². The number of ether oxygens (including phenoxy) is 4. The van der Waals surface area contributed by atoms with Gasteiger partial charge in [0.05, 0.1) is 34.0 Å². The molecule has 6 heteroatoms. The van der Waals surface area contributed by atoms with Crippen LogP contribution in [-0.4, -0.2) is 58.3 Å². The summed E-state index contributed by atoms with van der Waals surface area (Å²) < 4.78 is 22.5. The largest absolute Gasteiger partial charge is 0.495 e. The maximum atomic E-state index is 13.0. The van der Waals surface area contributed by atoms with Crippen molar-refractivity contribution in [3.05, 3.63) is 34.8 Å². The van der Waals surface area contributed by atoms with Gasteiger partial charge in [-0.2, -0.15) is 0 Å². The SMILES string of the molecule is COC1=C(OC)C23CCc4cc(OC)c(OC)cc4C2(CCN3C)CC1=O. The van der Waals surface area contributed by atoms with Crippen LogP contribution in [0, 0.1) is 0 Å². The molecule has 27 heavy (non-hydrogen) atoms. The summed E-state index contributed by atoms with van der Waals surface area (Å²) in [4.78, 5) is 15.4. The van der Waals surface area contributed by atoms with Gasteiger partial charge in [0.1, 0.15) is 0 Å². The summed E-state index contributed by atoms with van der Waals surface area (Å²) in [5.41, 5.74) is 1.67. The summed E-state index contributed by atoms with van der Waals surface area (Å²) in [5, 5.41) is 0. The van der Waals surface area contributed by atoms with Gasteiger partial charge in [-0.25, -0.2) is 0 Å². The molecule has 0 bridgehead atoms. The maximum Gasteiger partial charge on any atom is 0.201 e. The van der Waals surface area contributed by atoms with Gasteiger partial charge in [-0.1, -0.05) is 0 Å². The third kappa shape index (κ3) is 2.07. The lowest BCUT2D eigenvalue weighted by Gasteiger charge is -2.55. The van der Waals surface area contributed by atoms with E-state index in [-0.39, 0.29) is 16.7 Å². The lowest BCUT2D eigenvalue weighted by Crippen LogP contribution is -2.62. The number of aryl methyl sites for hydroxylation is 1. The average Bonchev–Trinajstić information content (AvgIpc) is 2.99. The minimum Gasteiger partial charge on any atom is -0.495 e. The molecule has 0 amide bonds. The highest BCUT2D eigenvalue weighted by Crippen LogP contribution is 2.62. The molecular formula is C21H27NO5. The molecule has 1 heterocycles. The smallest absolute Gasteiger partial charge is 0.201 e. The van der Waals surface area contributed by atoms with E-state index in [4.69, 9.17) is 18.9 Å². The van der Waals surface area contributed by atoms with Crippen LogP contribution in [0.2, 0.25) is 0 Å². The number of ketones is 1. The summed E-state index contributed by atoms with van der Waals surface area (Å²) in [6.07, 6.45) is 3.05. The number of Topliss-reactive ketones (excluding diaryl/α,β-unsaturated/α-hetero) is 1. The Hall–Kier alpha value is -2.21. The van der Waals surface area contributed by atoms with Gasteiger partial charge in [0.2, 0.25) is 11.5 Å². The third-order valence-electron chi connectivity index (χ3n) is 6.90. The molecule has 0 N–H and O–H groups in total. The molecule has 3 aliphatic rings. The number of benzene rings is 1. The lowest BCUT2D eigenvalue weighted by molar-refractivity contribution is -0.124. The Morgan fingerprint density at radius 2 is 1.67 bits per heavy atom. The zero-order chi connectivity index (χ0) is 19.4. The Kier molecular flexibility index (Phi) is 4.14. The van der Waals surface area contributed by atoms with Crippen molar-refractivity contribution in [3.8, 4) is 11.5 Å². The predicted octanol–water partition coefficient (Wildman–Crippen LogP) is 2.44. The highest BCUT2D eigenvalue weighted by Gasteiger charge is 2.67. The van der Waals surface area contributed by atoms with Gasteiger partial charge in [-0.05, 0) is 56.1 Å². The molecule has 0 spiro atoms. The van der Waals surface area contributed by atoms with Crippen LogP contribution < -0.4 is 9.47 Å². The molecule has 1 saturated heterocycles. The Balaban J connectivity index is 2.02. The van der Waals surface area contributed by atoms with Crippen molar-refractivity contribution in [1.82, 2.24) is 4.90 Å². The highest BCUT2D eigenvalue weighted by atomic mass is 16.5. The van der Waals surface area contributed by atoms with Gasteiger partial charge in [-0.15, -0.1) is 0 Å². The van der Waals surface area contributed by atoms with Gasteiger partial charge in [0, 0.05) is 11.8 Å². The quantitative estimate of drug-likeness (QED) is 0.808. The van der Waals surface area contributed by atoms with Crippen LogP contribution in [0.5, 0.6) is 11.5 Å². The van der Waals surface area contributed by atoms with Gasteiger partial charge in [-0.3, -0.25) is 9.69 Å². The molecule has 2 atom stereocenters. The molecule has 1 aromatic rings. The number of allylic oxidation sites excluding steroid dienone is 1. The minimum atomic E-state index is -0.381. The van der Waals surface area contributed by atoms with Gasteiger partial charge >= 0.3 is 0 Å². The van der Waals surface area contributed by atoms with E-state index in [1.807, 2.05) is 0 Å². The lowest BCUT2D eigenvalue weighted by atomic mass is 9.54. The zero-order valence-corrected chi connectivity index (χ0v) is 16.7. The molecule has 2 unspecified atom stereocenters. The second kappa shape index (κ2) is 6.16. The van der Waals surface area contributed by atoms with E-state index in [0.717, 1.165) is 31.6 Å². The molecule has 2 aliphatic carbocycles. The van der Waals surface area contributed by atoms with Crippen LogP contribution in [0.1, 0.15) is 30.4 Å². The van der Waals surface area contributed by atoms with Gasteiger partial charge in [0.25, 0.3) is 0 Å². The van der Waals surface area contributed by atoms with E-state index < -0.39 is 0 Å². The summed E-state index contributed by atoms with van der Waals surface area (Å²) in [7, 11) is 8.61. The number of likely N-dealkylation sites (N-methyl/N-ethyl adjacent to an activating group) is 1. The topological polar surface area (TPSA) is 57.2 Å². The van der Waals surface area contributed by atoms with Crippen molar-refractivity contribution < 1.29 is 23.7 Å². The Bertz CT molecular complexity index is 832. The molecule has 6 nitrogen and oxygen atoms in total. The molecule has 0 radical (unpaired) electrons. The number of hydrogen-bond acceptors (Lipinski definition) is 6. The van der Waals surface area contributed by atoms with Crippen LogP contribution in [0.15, 0.2) is 23.7 Å². The first-order chi connectivity index (χ1) is 13.0. The number of nitrogens with zero attached hydrogens (tertiary/aromatic N) is 1. The van der Waals surface area contributed by atoms with E-state index >= 15 is 0 Å². The van der Waals surface area contributed by atoms with Crippen LogP contribution in [0.25, 0.3) is 0 Å². The Morgan fingerprint density at radius 1 is 0.963 bits per heavy atom. The second-order valence-electron chi connectivity index (χ2n) is 7.64.